The van der Waals surface area contributed by atoms with E-state index in [2.05, 4.69) is 121 Å². The molecule has 0 spiro atoms. The fourth-order valence-electron chi connectivity index (χ4n) is 6.22. The van der Waals surface area contributed by atoms with Gasteiger partial charge in [-0.3, -0.25) is 9.89 Å². The van der Waals surface area contributed by atoms with Crippen LogP contribution in [0, 0.1) is 13.8 Å². The van der Waals surface area contributed by atoms with E-state index in [1.807, 2.05) is 16.7 Å². The van der Waals surface area contributed by atoms with E-state index in [9.17, 15) is 4.79 Å². The Kier molecular flexibility index (Phi) is 7.97. The van der Waals surface area contributed by atoms with Crippen molar-refractivity contribution in [1.29, 1.82) is 0 Å². The van der Waals surface area contributed by atoms with Gasteiger partial charge in [-0.15, -0.1) is 0 Å². The lowest BCUT2D eigenvalue weighted by atomic mass is 9.70. The Bertz CT molecular complexity index is 1470. The van der Waals surface area contributed by atoms with Gasteiger partial charge in [-0.05, 0) is 68.9 Å². The summed E-state index contributed by atoms with van der Waals surface area (Å²) in [5.74, 6) is 1.40. The summed E-state index contributed by atoms with van der Waals surface area (Å²) in [6.07, 6.45) is 0. The summed E-state index contributed by atoms with van der Waals surface area (Å²) in [6.45, 7) is 20.5. The molecule has 42 heavy (non-hydrogen) atoms. The summed E-state index contributed by atoms with van der Waals surface area (Å²) < 4.78 is 6.30. The minimum Gasteiger partial charge on any atom is -0.493 e. The number of hydrogen-bond donors (Lipinski definition) is 1. The molecule has 222 valence electrons. The van der Waals surface area contributed by atoms with Crippen LogP contribution in [0.3, 0.4) is 0 Å². The fraction of sp³-hybridized carbons (Fsp3) is 0.444. The molecule has 3 aromatic carbocycles. The average Bonchev–Trinajstić information content (AvgIpc) is 3.21. The van der Waals surface area contributed by atoms with Gasteiger partial charge in [0.05, 0.1) is 12.2 Å². The Labute approximate surface area is 251 Å². The predicted octanol–water partition coefficient (Wildman–Crippen LogP) is 6.92. The number of hydrogen-bond acceptors (Lipinski definition) is 4. The maximum Gasteiger partial charge on any atom is 0.326 e. The molecular formula is C36H46N4O2. The van der Waals surface area contributed by atoms with Crippen LogP contribution < -0.4 is 10.1 Å². The summed E-state index contributed by atoms with van der Waals surface area (Å²) in [5.41, 5.74) is 4.84. The van der Waals surface area contributed by atoms with Gasteiger partial charge >= 0.3 is 6.03 Å². The second-order valence-electron chi connectivity index (χ2n) is 13.1. The molecule has 0 aliphatic carbocycles. The smallest absolute Gasteiger partial charge is 0.326 e. The van der Waals surface area contributed by atoms with Gasteiger partial charge < -0.3 is 15.0 Å². The molecule has 2 atom stereocenters. The molecule has 2 aliphatic heterocycles. The molecule has 0 aromatic heterocycles. The van der Waals surface area contributed by atoms with Crippen molar-refractivity contribution in [3.63, 3.8) is 0 Å². The van der Waals surface area contributed by atoms with Crippen LogP contribution in [-0.4, -0.2) is 54.5 Å². The van der Waals surface area contributed by atoms with E-state index < -0.39 is 11.1 Å². The first-order chi connectivity index (χ1) is 19.9. The third-order valence-corrected chi connectivity index (χ3v) is 9.13. The zero-order valence-corrected chi connectivity index (χ0v) is 26.5. The van der Waals surface area contributed by atoms with Crippen molar-refractivity contribution < 1.29 is 9.53 Å². The van der Waals surface area contributed by atoms with Crippen molar-refractivity contribution >= 4 is 11.9 Å². The topological polar surface area (TPSA) is 57.2 Å². The first-order valence-electron chi connectivity index (χ1n) is 15.2. The minimum absolute atomic E-state index is 0.0310. The second kappa shape index (κ2) is 11.2. The van der Waals surface area contributed by atoms with E-state index in [4.69, 9.17) is 9.73 Å². The SMILES string of the molecule is CCOc1cc(C(C)(C)C)ccc1C1=N[C@@](C)(c2ccc(C)cc2)[C@@](C)(c2ccc(C)cc2)N1C(=O)N1CCNCC1. The van der Waals surface area contributed by atoms with Crippen LogP contribution in [0.1, 0.15) is 74.9 Å². The van der Waals surface area contributed by atoms with Gasteiger partial charge in [0.25, 0.3) is 0 Å². The first-order valence-corrected chi connectivity index (χ1v) is 15.2. The van der Waals surface area contributed by atoms with Gasteiger partial charge in [0, 0.05) is 26.2 Å². The van der Waals surface area contributed by atoms with Crippen LogP contribution in [-0.2, 0) is 16.5 Å². The minimum atomic E-state index is -0.820. The van der Waals surface area contributed by atoms with Crippen molar-refractivity contribution in [2.75, 3.05) is 32.8 Å². The number of aliphatic imine (C=N–C) groups is 1. The Morgan fingerprint density at radius 1 is 0.905 bits per heavy atom. The van der Waals surface area contributed by atoms with Crippen LogP contribution in [0.2, 0.25) is 0 Å². The highest BCUT2D eigenvalue weighted by atomic mass is 16.5. The highest BCUT2D eigenvalue weighted by Crippen LogP contribution is 2.54. The van der Waals surface area contributed by atoms with Gasteiger partial charge in [0.2, 0.25) is 0 Å². The van der Waals surface area contributed by atoms with Gasteiger partial charge in [0.1, 0.15) is 22.7 Å². The number of amidine groups is 1. The van der Waals surface area contributed by atoms with Crippen LogP contribution in [0.4, 0.5) is 4.79 Å². The largest absolute Gasteiger partial charge is 0.493 e. The molecule has 2 amide bonds. The molecule has 5 rings (SSSR count). The quantitative estimate of drug-likeness (QED) is 0.365. The second-order valence-corrected chi connectivity index (χ2v) is 13.1. The van der Waals surface area contributed by atoms with Crippen molar-refractivity contribution in [3.05, 3.63) is 100 Å². The molecule has 2 aliphatic rings. The lowest BCUT2D eigenvalue weighted by Crippen LogP contribution is -2.60. The Balaban J connectivity index is 1.80. The summed E-state index contributed by atoms with van der Waals surface area (Å²) in [7, 11) is 0. The van der Waals surface area contributed by atoms with Crippen molar-refractivity contribution in [2.24, 2.45) is 4.99 Å². The van der Waals surface area contributed by atoms with Crippen LogP contribution >= 0.6 is 0 Å². The Hall–Kier alpha value is -3.64. The van der Waals surface area contributed by atoms with Crippen LogP contribution in [0.5, 0.6) is 5.75 Å². The molecule has 0 radical (unpaired) electrons. The number of nitrogens with one attached hydrogen (secondary N) is 1. The molecule has 0 bridgehead atoms. The van der Waals surface area contributed by atoms with E-state index >= 15 is 0 Å². The predicted molar refractivity (Wildman–Crippen MR) is 172 cm³/mol. The standard InChI is InChI=1S/C36H46N4O2/c1-9-42-31-24-29(34(4,5)6)18-19-30(31)32-38-35(7,27-14-10-25(2)11-15-27)36(8,28-16-12-26(3)13-17-28)40(32)33(41)39-22-20-37-21-23-39/h10-19,24,37H,9,20-23H2,1-8H3/t35-,36+/m0/s1. The number of amides is 2. The number of urea groups is 1. The maximum absolute atomic E-state index is 14.8. The van der Waals surface area contributed by atoms with Crippen molar-refractivity contribution in [1.82, 2.24) is 15.1 Å². The summed E-state index contributed by atoms with van der Waals surface area (Å²) in [5, 5.41) is 3.39. The molecule has 1 N–H and O–H groups in total. The third-order valence-electron chi connectivity index (χ3n) is 9.13. The molecule has 2 heterocycles. The molecular weight excluding hydrogens is 520 g/mol. The maximum atomic E-state index is 14.8. The van der Waals surface area contributed by atoms with E-state index in [1.54, 1.807) is 0 Å². The van der Waals surface area contributed by atoms with E-state index in [0.29, 0.717) is 25.5 Å². The summed E-state index contributed by atoms with van der Waals surface area (Å²) in [4.78, 5) is 24.3. The van der Waals surface area contributed by atoms with Crippen LogP contribution in [0.15, 0.2) is 71.7 Å². The van der Waals surface area contributed by atoms with Crippen molar-refractivity contribution in [2.45, 2.75) is 71.9 Å². The summed E-state index contributed by atoms with van der Waals surface area (Å²) >= 11 is 0. The number of piperazine rings is 1. The lowest BCUT2D eigenvalue weighted by Gasteiger charge is -2.47. The highest BCUT2D eigenvalue weighted by molar-refractivity contribution is 6.11. The number of benzene rings is 3. The third kappa shape index (κ3) is 5.11. The molecule has 3 aromatic rings. The van der Waals surface area contributed by atoms with E-state index in [0.717, 1.165) is 35.5 Å². The lowest BCUT2D eigenvalue weighted by molar-refractivity contribution is 0.104. The van der Waals surface area contributed by atoms with Gasteiger partial charge in [0.15, 0.2) is 0 Å². The monoisotopic (exact) mass is 566 g/mol. The first kappa shape index (κ1) is 29.8. The van der Waals surface area contributed by atoms with Gasteiger partial charge in [-0.25, -0.2) is 4.79 Å². The fourth-order valence-corrected chi connectivity index (χ4v) is 6.22. The number of nitrogens with zero attached hydrogens (tertiary/aromatic N) is 3. The molecule has 0 saturated carbocycles. The highest BCUT2D eigenvalue weighted by Gasteiger charge is 2.60. The number of carbonyl (C=O) groups excluding carboxylic acids is 1. The molecule has 6 nitrogen and oxygen atoms in total. The van der Waals surface area contributed by atoms with E-state index in [-0.39, 0.29) is 11.4 Å². The van der Waals surface area contributed by atoms with Gasteiger partial charge in [-0.1, -0.05) is 86.5 Å². The molecule has 6 heteroatoms. The summed E-state index contributed by atoms with van der Waals surface area (Å²) in [6, 6.07) is 23.5. The number of carbonyl (C=O) groups is 1. The Morgan fingerprint density at radius 2 is 1.48 bits per heavy atom. The van der Waals surface area contributed by atoms with Crippen molar-refractivity contribution in [3.8, 4) is 5.75 Å². The number of ether oxygens (including phenoxy) is 1. The number of aryl methyl sites for hydroxylation is 2. The average molecular weight is 567 g/mol. The Morgan fingerprint density at radius 3 is 2.02 bits per heavy atom. The molecule has 0 unspecified atom stereocenters. The van der Waals surface area contributed by atoms with E-state index in [1.165, 1.54) is 16.7 Å². The zero-order valence-electron chi connectivity index (χ0n) is 26.5. The zero-order chi connectivity index (χ0) is 30.3. The normalized spacial score (nSPS) is 22.7. The molecule has 1 fully saturated rings. The molecule has 1 saturated heterocycles. The number of rotatable bonds is 5. The van der Waals surface area contributed by atoms with Gasteiger partial charge in [-0.2, -0.15) is 0 Å². The van der Waals surface area contributed by atoms with Crippen LogP contribution in [0.25, 0.3) is 0 Å².